The van der Waals surface area contributed by atoms with Crippen molar-refractivity contribution < 1.29 is 468 Å². The van der Waals surface area contributed by atoms with Crippen molar-refractivity contribution in [2.75, 3.05) is 0 Å². The second kappa shape index (κ2) is 126. The van der Waals surface area contributed by atoms with Gasteiger partial charge in [-0.15, -0.1) is 0 Å². The van der Waals surface area contributed by atoms with Crippen LogP contribution in [0.3, 0.4) is 0 Å². The van der Waals surface area contributed by atoms with E-state index in [4.69, 9.17) is 211 Å². The Morgan fingerprint density at radius 3 is 0.169 bits per heavy atom. The van der Waals surface area contributed by atoms with Crippen molar-refractivity contribution in [1.29, 1.82) is 0 Å². The minimum atomic E-state index is -3.63. The fourth-order valence-electron chi connectivity index (χ4n) is 0. The Morgan fingerprint density at radius 2 is 0.169 bits per heavy atom. The van der Waals surface area contributed by atoms with Gasteiger partial charge in [0.2, 0.25) is 0 Å². The number of rotatable bonds is 0. The maximum atomic E-state index is 8.74. The van der Waals surface area contributed by atoms with Gasteiger partial charge in [-0.1, -0.05) is 0 Å². The summed E-state index contributed by atoms with van der Waals surface area (Å²) in [7, 11) is -48.2. The van der Waals surface area contributed by atoms with Crippen LogP contribution in [0, 0.1) is 0 Å². The van der Waals surface area contributed by atoms with E-state index >= 15 is 0 Å². The van der Waals surface area contributed by atoms with Gasteiger partial charge < -0.3 is 157 Å². The zero-order chi connectivity index (χ0) is 53.7. The SMILES string of the molecule is O=[Si](O)O.O=[Si](O)O.O=[Si](O)O.O=[Si](O)O.O=[Si](O)O.O=[Si](O)O.O=[Si](O)O.O=[Si](O)O.O=[Si](O)O.O=[Si](O)O.O=[Si](O)O.O=[Si](O)O.O=[Si]([O-])O.O=[Si]([O-])[O-].O=[Si]([O-])[O-].[K+].[K+].[K+].[K+].[K+]. The standard InChI is InChI=1S/5K.12H2O3Si.HO3Si.2O3Si/c;;;;;15*1-4(2)3/h;;;;;12*1-2H;1H;;/q5*+1;;;;;;;;;;;;;-1;2*-2. The van der Waals surface area contributed by atoms with Crippen molar-refractivity contribution in [2.24, 2.45) is 0 Å². The van der Waals surface area contributed by atoms with Gasteiger partial charge in [0.1, 0.15) is 0 Å². The van der Waals surface area contributed by atoms with Gasteiger partial charge >= 0.3 is 376 Å². The topological polar surface area (TPSA) is 877 Å². The molecule has 0 aliphatic heterocycles. The first-order chi connectivity index (χ1) is 26.0. The Morgan fingerprint density at radius 1 is 0.169 bits per heavy atom. The summed E-state index contributed by atoms with van der Waals surface area (Å²) in [6, 6.07) is 0. The fourth-order valence-corrected chi connectivity index (χ4v) is 0. The van der Waals surface area contributed by atoms with E-state index < -0.39 is 138 Å². The summed E-state index contributed by atoms with van der Waals surface area (Å²) in [5.74, 6) is 0. The molecule has 0 aliphatic rings. The Balaban J connectivity index is -0.0000000184. The third-order valence-corrected chi connectivity index (χ3v) is 0. The van der Waals surface area contributed by atoms with Gasteiger partial charge in [0.25, 0.3) is 0 Å². The average molecular weight is 1360 g/mol. The van der Waals surface area contributed by atoms with E-state index in [1.54, 1.807) is 0 Å². The minimum Gasteiger partial charge on any atom is -0.672 e. The molecule has 0 unspecified atom stereocenters. The third kappa shape index (κ3) is 46500. The molecule has 0 saturated heterocycles. The Bertz CT molecular complexity index is 771. The average Bonchev–Trinajstić information content (AvgIpc) is 2.78. The summed E-state index contributed by atoms with van der Waals surface area (Å²) in [6.45, 7) is 0. The van der Waals surface area contributed by atoms with Crippen molar-refractivity contribution in [3.8, 4) is 0 Å². The van der Waals surface area contributed by atoms with E-state index in [9.17, 15) is 0 Å². The smallest absolute Gasteiger partial charge is 0.672 e. The molecule has 0 spiro atoms. The maximum Gasteiger partial charge on any atom is 1.00 e. The summed E-state index contributed by atoms with van der Waals surface area (Å²) < 4.78 is 131. The second-order valence-corrected chi connectivity index (χ2v) is 12.5. The molecule has 65 heteroatoms. The van der Waals surface area contributed by atoms with Crippen molar-refractivity contribution in [1.82, 2.24) is 0 Å². The molecular formula is H25K5O45Si15. The zero-order valence-electron chi connectivity index (χ0n) is 31.8. The van der Waals surface area contributed by atoms with Crippen LogP contribution < -0.4 is 281 Å². The number of hydrogen-bond donors (Lipinski definition) is 25. The van der Waals surface area contributed by atoms with E-state index in [0.29, 0.717) is 0 Å². The van der Waals surface area contributed by atoms with Gasteiger partial charge in [-0.25, -0.2) is 0 Å². The number of hydrogen-bond acceptors (Lipinski definition) is 20. The van der Waals surface area contributed by atoms with Crippen molar-refractivity contribution in [2.45, 2.75) is 0 Å². The van der Waals surface area contributed by atoms with E-state index in [2.05, 4.69) is 0 Å². The summed E-state index contributed by atoms with van der Waals surface area (Å²) in [5, 5.41) is 0. The molecule has 0 atom stereocenters. The van der Waals surface area contributed by atoms with Gasteiger partial charge in [-0.2, -0.15) is 0 Å². The van der Waals surface area contributed by atoms with Gasteiger partial charge in [0, 0.05) is 18.3 Å². The molecule has 0 radical (unpaired) electrons. The van der Waals surface area contributed by atoms with Crippen molar-refractivity contribution in [3.63, 3.8) is 0 Å². The molecule has 0 bridgehead atoms. The summed E-state index contributed by atoms with van der Waals surface area (Å²) >= 11 is 0. The molecular weight excluding hydrogens is 1340 g/mol. The van der Waals surface area contributed by atoms with E-state index in [1.807, 2.05) is 0 Å². The molecule has 0 fully saturated rings. The van der Waals surface area contributed by atoms with E-state index in [-0.39, 0.29) is 257 Å². The predicted molar refractivity (Wildman–Crippen MR) is 152 cm³/mol. The Hall–Kier alpha value is 2.44. The molecule has 0 saturated carbocycles. The summed E-state index contributed by atoms with van der Waals surface area (Å²) in [5.41, 5.74) is 0. The molecule has 0 rings (SSSR count). The summed E-state index contributed by atoms with van der Waals surface area (Å²) in [6.07, 6.45) is 0. The van der Waals surface area contributed by atoms with Gasteiger partial charge in [-0.3, -0.25) is 53.5 Å². The molecule has 0 aromatic rings. The second-order valence-electron chi connectivity index (χ2n) is 4.16. The molecule has 45 nitrogen and oxygen atoms in total. The molecule has 65 heavy (non-hydrogen) atoms. The van der Waals surface area contributed by atoms with Crippen molar-refractivity contribution in [3.05, 3.63) is 0 Å². The molecule has 25 N–H and O–H groups in total. The normalized spacial score (nSPS) is 5.54. The first-order valence-corrected chi connectivity index (χ1v) is 29.0. The first-order valence-electron chi connectivity index (χ1n) is 9.67. The largest absolute Gasteiger partial charge is 1.00 e. The van der Waals surface area contributed by atoms with Crippen LogP contribution in [0.5, 0.6) is 0 Å². The molecule has 360 valence electrons. The quantitative estimate of drug-likeness (QED) is 0.100. The molecule has 0 amide bonds. The van der Waals surface area contributed by atoms with Crippen LogP contribution in [-0.4, -0.2) is 257 Å². The third-order valence-electron chi connectivity index (χ3n) is 0. The van der Waals surface area contributed by atoms with Crippen LogP contribution in [0.4, 0.5) is 0 Å². The van der Waals surface area contributed by atoms with Crippen LogP contribution >= 0.6 is 0 Å². The van der Waals surface area contributed by atoms with E-state index in [1.165, 1.54) is 0 Å². The van der Waals surface area contributed by atoms with Crippen LogP contribution in [0.2, 0.25) is 0 Å². The van der Waals surface area contributed by atoms with Crippen molar-refractivity contribution >= 4 is 138 Å². The van der Waals surface area contributed by atoms with Crippen LogP contribution in [0.25, 0.3) is 0 Å². The minimum absolute atomic E-state index is 0. The predicted octanol–water partition coefficient (Wildman–Crippen LogP) is -42.3. The van der Waals surface area contributed by atoms with Crippen LogP contribution in [0.1, 0.15) is 0 Å². The first kappa shape index (κ1) is 132. The van der Waals surface area contributed by atoms with Crippen LogP contribution in [-0.2, 0) is 66.9 Å². The maximum absolute atomic E-state index is 8.74. The van der Waals surface area contributed by atoms with E-state index in [0.717, 1.165) is 0 Å². The summed E-state index contributed by atoms with van der Waals surface area (Å²) in [4.78, 5) is 222. The zero-order valence-corrected chi connectivity index (χ0v) is 62.5. The molecule has 0 aliphatic carbocycles. The van der Waals surface area contributed by atoms with Gasteiger partial charge in [0.05, 0.1) is 0 Å². The molecule has 0 aromatic heterocycles. The van der Waals surface area contributed by atoms with Crippen LogP contribution in [0.15, 0.2) is 0 Å². The molecule has 0 heterocycles. The molecule has 0 aromatic carbocycles. The Labute approximate surface area is 592 Å². The van der Waals surface area contributed by atoms with Gasteiger partial charge in [0.15, 0.2) is 0 Å². The fraction of sp³-hybridized carbons (Fsp3) is 0. The Kier molecular flexibility index (Phi) is 257. The van der Waals surface area contributed by atoms with Gasteiger partial charge in [-0.05, 0) is 0 Å². The monoisotopic (exact) mass is 1360 g/mol.